The number of para-hydroxylation sites is 1. The minimum absolute atomic E-state index is 0.00477. The highest BCUT2D eigenvalue weighted by atomic mass is 16.7. The third-order valence-corrected chi connectivity index (χ3v) is 2.71. The van der Waals surface area contributed by atoms with Crippen LogP contribution in [0.4, 0.5) is 0 Å². The van der Waals surface area contributed by atoms with Crippen molar-refractivity contribution in [1.29, 1.82) is 0 Å². The molecule has 120 valence electrons. The van der Waals surface area contributed by atoms with Crippen molar-refractivity contribution in [1.82, 2.24) is 10.5 Å². The van der Waals surface area contributed by atoms with Crippen LogP contribution in [-0.2, 0) is 9.63 Å². The van der Waals surface area contributed by atoms with Gasteiger partial charge in [0.2, 0.25) is 12.0 Å². The van der Waals surface area contributed by atoms with Crippen LogP contribution < -0.4 is 15.0 Å². The van der Waals surface area contributed by atoms with Crippen molar-refractivity contribution < 1.29 is 19.1 Å². The molecule has 1 atom stereocenters. The fourth-order valence-corrected chi connectivity index (χ4v) is 1.64. The summed E-state index contributed by atoms with van der Waals surface area (Å²) in [4.78, 5) is 21.0. The van der Waals surface area contributed by atoms with Crippen LogP contribution in [0.2, 0.25) is 0 Å². The summed E-state index contributed by atoms with van der Waals surface area (Å²) in [6.45, 7) is 3.86. The molecule has 0 aliphatic heterocycles. The molecular formula is C17H18N2O4. The monoisotopic (exact) mass is 314 g/mol. The van der Waals surface area contributed by atoms with E-state index in [1.807, 2.05) is 18.2 Å². The number of carbonyl (C=O) groups excluding carboxylic acids is 1. The molecule has 0 radical (unpaired) electrons. The first-order valence-corrected chi connectivity index (χ1v) is 7.09. The maximum absolute atomic E-state index is 12.1. The summed E-state index contributed by atoms with van der Waals surface area (Å²) in [5, 5.41) is 0. The first-order valence-electron chi connectivity index (χ1n) is 7.09. The molecule has 0 spiro atoms. The molecular weight excluding hydrogens is 296 g/mol. The second-order valence-corrected chi connectivity index (χ2v) is 4.46. The molecule has 23 heavy (non-hydrogen) atoms. The quantitative estimate of drug-likeness (QED) is 0.434. The topological polar surface area (TPSA) is 69.7 Å². The Morgan fingerprint density at radius 2 is 2.00 bits per heavy atom. The van der Waals surface area contributed by atoms with Crippen molar-refractivity contribution in [2.45, 2.75) is 6.10 Å². The number of nitrogens with zero attached hydrogens (tertiary/aromatic N) is 1. The molecule has 0 amide bonds. The minimum atomic E-state index is -0.956. The van der Waals surface area contributed by atoms with E-state index in [1.165, 1.54) is 0 Å². The van der Waals surface area contributed by atoms with Crippen molar-refractivity contribution in [2.75, 3.05) is 13.2 Å². The SMILES string of the molecule is C=CCNOC(=O)C(COc1ccccc1)Oc1ccccn1. The predicted molar refractivity (Wildman–Crippen MR) is 84.9 cm³/mol. The molecule has 0 fully saturated rings. The van der Waals surface area contributed by atoms with Crippen molar-refractivity contribution >= 4 is 5.97 Å². The van der Waals surface area contributed by atoms with Crippen LogP contribution in [-0.4, -0.2) is 30.2 Å². The number of benzene rings is 1. The van der Waals surface area contributed by atoms with Crippen molar-refractivity contribution in [3.63, 3.8) is 0 Å². The van der Waals surface area contributed by atoms with E-state index in [-0.39, 0.29) is 6.61 Å². The molecule has 2 aromatic rings. The molecule has 0 saturated heterocycles. The number of rotatable bonds is 9. The fraction of sp³-hybridized carbons (Fsp3) is 0.176. The molecule has 1 N–H and O–H groups in total. The van der Waals surface area contributed by atoms with Gasteiger partial charge in [-0.25, -0.2) is 9.78 Å². The number of hydroxylamine groups is 1. The largest absolute Gasteiger partial charge is 0.489 e. The van der Waals surface area contributed by atoms with Gasteiger partial charge in [-0.3, -0.25) is 0 Å². The lowest BCUT2D eigenvalue weighted by atomic mass is 10.3. The smallest absolute Gasteiger partial charge is 0.369 e. The Morgan fingerprint density at radius 1 is 1.22 bits per heavy atom. The van der Waals surface area contributed by atoms with E-state index in [2.05, 4.69) is 17.0 Å². The lowest BCUT2D eigenvalue weighted by Crippen LogP contribution is -2.38. The highest BCUT2D eigenvalue weighted by molar-refractivity contribution is 5.75. The standard InChI is InChI=1S/C17H18N2O4/c1-2-11-19-23-17(20)15(22-16-10-6-7-12-18-16)13-21-14-8-4-3-5-9-14/h2-10,12,15,19H,1,11,13H2. The van der Waals surface area contributed by atoms with E-state index >= 15 is 0 Å². The summed E-state index contributed by atoms with van der Waals surface area (Å²) in [6, 6.07) is 14.3. The van der Waals surface area contributed by atoms with Gasteiger partial charge in [0.25, 0.3) is 0 Å². The molecule has 0 aliphatic carbocycles. The van der Waals surface area contributed by atoms with Crippen LogP contribution in [0.3, 0.4) is 0 Å². The highest BCUT2D eigenvalue weighted by Crippen LogP contribution is 2.12. The average molecular weight is 314 g/mol. The molecule has 2 rings (SSSR count). The Bertz CT molecular complexity index is 605. The van der Waals surface area contributed by atoms with Gasteiger partial charge >= 0.3 is 5.97 Å². The number of hydrogen-bond acceptors (Lipinski definition) is 6. The summed E-state index contributed by atoms with van der Waals surface area (Å²) < 4.78 is 11.1. The van der Waals surface area contributed by atoms with E-state index in [1.54, 1.807) is 42.6 Å². The number of hydrogen-bond donors (Lipinski definition) is 1. The lowest BCUT2D eigenvalue weighted by Gasteiger charge is -2.17. The van der Waals surface area contributed by atoms with Crippen LogP contribution in [0.1, 0.15) is 0 Å². The normalized spacial score (nSPS) is 11.3. The van der Waals surface area contributed by atoms with Crippen molar-refractivity contribution in [2.24, 2.45) is 0 Å². The zero-order chi connectivity index (χ0) is 16.3. The zero-order valence-corrected chi connectivity index (χ0v) is 12.6. The van der Waals surface area contributed by atoms with Crippen molar-refractivity contribution in [3.05, 3.63) is 67.4 Å². The van der Waals surface area contributed by atoms with Crippen molar-refractivity contribution in [3.8, 4) is 11.6 Å². The number of nitrogens with one attached hydrogen (secondary N) is 1. The van der Waals surface area contributed by atoms with E-state index in [0.717, 1.165) is 0 Å². The molecule has 6 nitrogen and oxygen atoms in total. The van der Waals surface area contributed by atoms with Gasteiger partial charge in [0.05, 0.1) is 0 Å². The maximum atomic E-state index is 12.1. The minimum Gasteiger partial charge on any atom is -0.489 e. The van der Waals surface area contributed by atoms with Gasteiger partial charge < -0.3 is 14.3 Å². The van der Waals surface area contributed by atoms with E-state index in [4.69, 9.17) is 14.3 Å². The Balaban J connectivity index is 1.98. The van der Waals surface area contributed by atoms with Gasteiger partial charge in [-0.05, 0) is 18.2 Å². The molecule has 0 aliphatic rings. The average Bonchev–Trinajstić information content (AvgIpc) is 2.60. The van der Waals surface area contributed by atoms with Crippen LogP contribution in [0.5, 0.6) is 11.6 Å². The summed E-state index contributed by atoms with van der Waals surface area (Å²) in [5.41, 5.74) is 2.48. The van der Waals surface area contributed by atoms with Crippen LogP contribution in [0, 0.1) is 0 Å². The first-order chi connectivity index (χ1) is 11.3. The zero-order valence-electron chi connectivity index (χ0n) is 12.6. The second-order valence-electron chi connectivity index (χ2n) is 4.46. The van der Waals surface area contributed by atoms with Crippen LogP contribution in [0.25, 0.3) is 0 Å². The summed E-state index contributed by atoms with van der Waals surface area (Å²) in [7, 11) is 0. The molecule has 0 saturated carbocycles. The Hall–Kier alpha value is -2.86. The molecule has 1 aromatic heterocycles. The van der Waals surface area contributed by atoms with Crippen LogP contribution >= 0.6 is 0 Å². The number of carbonyl (C=O) groups is 1. The Labute approximate surface area is 134 Å². The first kappa shape index (κ1) is 16.5. The Kier molecular flexibility index (Phi) is 6.62. The number of aromatic nitrogens is 1. The second kappa shape index (κ2) is 9.22. The van der Waals surface area contributed by atoms with E-state index < -0.39 is 12.1 Å². The molecule has 6 heteroatoms. The third kappa shape index (κ3) is 5.80. The third-order valence-electron chi connectivity index (χ3n) is 2.71. The highest BCUT2D eigenvalue weighted by Gasteiger charge is 2.24. The molecule has 1 aromatic carbocycles. The van der Waals surface area contributed by atoms with E-state index in [0.29, 0.717) is 18.2 Å². The Morgan fingerprint density at radius 3 is 2.70 bits per heavy atom. The fourth-order valence-electron chi connectivity index (χ4n) is 1.64. The van der Waals surface area contributed by atoms with Gasteiger partial charge in [-0.15, -0.1) is 12.1 Å². The van der Waals surface area contributed by atoms with Gasteiger partial charge in [0, 0.05) is 18.8 Å². The number of ether oxygens (including phenoxy) is 2. The van der Waals surface area contributed by atoms with Gasteiger partial charge in [0.1, 0.15) is 12.4 Å². The lowest BCUT2D eigenvalue weighted by molar-refractivity contribution is -0.160. The summed E-state index contributed by atoms with van der Waals surface area (Å²) in [5.74, 6) is 0.345. The predicted octanol–water partition coefficient (Wildman–Crippen LogP) is 2.14. The molecule has 1 heterocycles. The maximum Gasteiger partial charge on any atom is 0.369 e. The van der Waals surface area contributed by atoms with Gasteiger partial charge in [0.15, 0.2) is 0 Å². The summed E-state index contributed by atoms with van der Waals surface area (Å²) >= 11 is 0. The number of pyridine rings is 1. The molecule has 1 unspecified atom stereocenters. The van der Waals surface area contributed by atoms with Gasteiger partial charge in [-0.1, -0.05) is 30.3 Å². The summed E-state index contributed by atoms with van der Waals surface area (Å²) in [6.07, 6.45) is 2.19. The van der Waals surface area contributed by atoms with Crippen LogP contribution in [0.15, 0.2) is 67.4 Å². The van der Waals surface area contributed by atoms with E-state index in [9.17, 15) is 4.79 Å². The molecule has 0 bridgehead atoms. The van der Waals surface area contributed by atoms with Gasteiger partial charge in [-0.2, -0.15) is 0 Å².